The monoisotopic (exact) mass is 390 g/mol. The van der Waals surface area contributed by atoms with E-state index in [1.807, 2.05) is 6.92 Å². The molecule has 0 nitrogen and oxygen atoms in total. The maximum atomic E-state index is 14.7. The second-order valence-electron chi connectivity index (χ2n) is 6.62. The fourth-order valence-corrected chi connectivity index (χ4v) is 3.21. The first-order chi connectivity index (χ1) is 13.4. The molecule has 0 heterocycles. The molecule has 5 heteroatoms. The Morgan fingerprint density at radius 3 is 2.07 bits per heavy atom. The van der Waals surface area contributed by atoms with Gasteiger partial charge in [0.25, 0.3) is 0 Å². The molecular weight excluding hydrogens is 371 g/mol. The summed E-state index contributed by atoms with van der Waals surface area (Å²) >= 11 is 0. The van der Waals surface area contributed by atoms with Crippen LogP contribution in [0.3, 0.4) is 0 Å². The molecule has 0 aliphatic rings. The van der Waals surface area contributed by atoms with Crippen molar-refractivity contribution in [2.45, 2.75) is 33.1 Å². The Balaban J connectivity index is 2.14. The van der Waals surface area contributed by atoms with E-state index in [0.29, 0.717) is 6.42 Å². The topological polar surface area (TPSA) is 0 Å². The molecule has 0 aromatic heterocycles. The van der Waals surface area contributed by atoms with Crippen LogP contribution in [0.25, 0.3) is 22.4 Å². The van der Waals surface area contributed by atoms with Crippen LogP contribution in [0.15, 0.2) is 42.5 Å². The van der Waals surface area contributed by atoms with Gasteiger partial charge in [0.1, 0.15) is 5.82 Å². The van der Waals surface area contributed by atoms with Gasteiger partial charge in [-0.2, -0.15) is 0 Å². The van der Waals surface area contributed by atoms with Gasteiger partial charge in [-0.05, 0) is 35.4 Å². The number of hydrogen-bond acceptors (Lipinski definition) is 0. The van der Waals surface area contributed by atoms with Gasteiger partial charge < -0.3 is 0 Å². The van der Waals surface area contributed by atoms with Crippen LogP contribution in [-0.4, -0.2) is 0 Å². The molecule has 0 aliphatic heterocycles. The molecule has 0 atom stereocenters. The lowest BCUT2D eigenvalue weighted by atomic mass is 9.99. The molecule has 3 aromatic carbocycles. The van der Waals surface area contributed by atoms with E-state index in [1.165, 1.54) is 24.3 Å². The Bertz CT molecular complexity index is 1050. The highest BCUT2D eigenvalue weighted by Gasteiger charge is 2.23. The van der Waals surface area contributed by atoms with Crippen LogP contribution in [0.1, 0.15) is 42.5 Å². The first-order valence-corrected chi connectivity index (χ1v) is 9.13. The van der Waals surface area contributed by atoms with Crippen molar-refractivity contribution >= 4 is 22.4 Å². The highest BCUT2D eigenvalue weighted by molar-refractivity contribution is 5.91. The maximum absolute atomic E-state index is 14.7. The average Bonchev–Trinajstić information content (AvgIpc) is 2.70. The molecule has 3 rings (SSSR count). The van der Waals surface area contributed by atoms with E-state index < -0.39 is 40.1 Å². The number of aryl methyl sites for hydroxylation is 2. The lowest BCUT2D eigenvalue weighted by Gasteiger charge is -2.10. The normalized spacial score (nSPS) is 12.4. The Morgan fingerprint density at radius 1 is 0.786 bits per heavy atom. The van der Waals surface area contributed by atoms with Gasteiger partial charge in [0.15, 0.2) is 23.3 Å². The van der Waals surface area contributed by atoms with Gasteiger partial charge >= 0.3 is 0 Å². The number of fused-ring (bicyclic) bond motifs is 1. The van der Waals surface area contributed by atoms with Crippen molar-refractivity contribution in [3.8, 4) is 0 Å². The van der Waals surface area contributed by atoms with E-state index >= 15 is 0 Å². The van der Waals surface area contributed by atoms with Crippen molar-refractivity contribution < 1.29 is 22.0 Å². The zero-order valence-electron chi connectivity index (χ0n) is 15.6. The van der Waals surface area contributed by atoms with Gasteiger partial charge in [0.05, 0.1) is 10.9 Å². The smallest absolute Gasteiger partial charge is 0.170 e. The minimum atomic E-state index is -1.62. The fraction of sp³-hybridized carbons (Fsp3) is 0.217. The van der Waals surface area contributed by atoms with Crippen LogP contribution in [0.2, 0.25) is 0 Å². The third kappa shape index (κ3) is 3.53. The summed E-state index contributed by atoms with van der Waals surface area (Å²) in [5, 5.41) is -0.595. The molecule has 0 bridgehead atoms. The number of benzene rings is 3. The quantitative estimate of drug-likeness (QED) is 0.312. The number of rotatable bonds is 5. The minimum absolute atomic E-state index is 0.0372. The van der Waals surface area contributed by atoms with Crippen LogP contribution in [-0.2, 0) is 12.8 Å². The van der Waals surface area contributed by atoms with Gasteiger partial charge in [0.2, 0.25) is 0 Å². The number of hydrogen-bond donors (Lipinski definition) is 0. The van der Waals surface area contributed by atoms with Crippen LogP contribution < -0.4 is 0 Å². The van der Waals surface area contributed by atoms with E-state index in [9.17, 15) is 22.0 Å². The van der Waals surface area contributed by atoms with E-state index in [0.717, 1.165) is 24.5 Å². The third-order valence-electron chi connectivity index (χ3n) is 4.76. The SMILES string of the molecule is CCCc1ccc(C(F)=C(F)c2cc3ccc(CC)c(F)c3c(F)c2F)cc1. The average molecular weight is 390 g/mol. The Labute approximate surface area is 160 Å². The van der Waals surface area contributed by atoms with Crippen LogP contribution >= 0.6 is 0 Å². The van der Waals surface area contributed by atoms with Crippen molar-refractivity contribution in [1.29, 1.82) is 0 Å². The molecule has 0 saturated carbocycles. The summed E-state index contributed by atoms with van der Waals surface area (Å²) in [4.78, 5) is 0. The first-order valence-electron chi connectivity index (χ1n) is 9.13. The summed E-state index contributed by atoms with van der Waals surface area (Å²) < 4.78 is 72.6. The molecule has 0 N–H and O–H groups in total. The minimum Gasteiger partial charge on any atom is -0.206 e. The number of halogens is 5. The molecule has 0 radical (unpaired) electrons. The first kappa shape index (κ1) is 20.1. The molecule has 3 aromatic rings. The van der Waals surface area contributed by atoms with Gasteiger partial charge in [-0.3, -0.25) is 0 Å². The molecule has 28 heavy (non-hydrogen) atoms. The molecule has 0 fully saturated rings. The maximum Gasteiger partial charge on any atom is 0.170 e. The van der Waals surface area contributed by atoms with Gasteiger partial charge in [-0.1, -0.05) is 56.7 Å². The molecule has 0 saturated heterocycles. The van der Waals surface area contributed by atoms with Crippen molar-refractivity contribution in [2.75, 3.05) is 0 Å². The Hall–Kier alpha value is -2.69. The van der Waals surface area contributed by atoms with E-state index in [1.54, 1.807) is 19.1 Å². The summed E-state index contributed by atoms with van der Waals surface area (Å²) in [5.41, 5.74) is 0.228. The predicted octanol–water partition coefficient (Wildman–Crippen LogP) is 7.54. The van der Waals surface area contributed by atoms with Crippen LogP contribution in [0.4, 0.5) is 22.0 Å². The highest BCUT2D eigenvalue weighted by Crippen LogP contribution is 2.35. The van der Waals surface area contributed by atoms with Crippen molar-refractivity contribution in [2.24, 2.45) is 0 Å². The molecule has 0 spiro atoms. The zero-order valence-corrected chi connectivity index (χ0v) is 15.6. The van der Waals surface area contributed by atoms with Gasteiger partial charge in [0, 0.05) is 5.56 Å². The summed E-state index contributed by atoms with van der Waals surface area (Å²) in [6.45, 7) is 3.67. The van der Waals surface area contributed by atoms with Crippen molar-refractivity contribution in [3.05, 3.63) is 82.2 Å². The second kappa shape index (κ2) is 8.13. The van der Waals surface area contributed by atoms with Gasteiger partial charge in [-0.25, -0.2) is 22.0 Å². The standard InChI is InChI=1S/C23H19F5/c1-3-5-13-6-8-15(9-7-13)20(25)21(26)17-12-16-11-10-14(4-2)19(24)18(16)23(28)22(17)27/h6-12H,3-5H2,1-2H3. The molecule has 146 valence electrons. The summed E-state index contributed by atoms with van der Waals surface area (Å²) in [6, 6.07) is 9.81. The zero-order chi connectivity index (χ0) is 20.4. The summed E-state index contributed by atoms with van der Waals surface area (Å²) in [7, 11) is 0. The molecule has 0 amide bonds. The van der Waals surface area contributed by atoms with Crippen LogP contribution in [0.5, 0.6) is 0 Å². The summed E-state index contributed by atoms with van der Waals surface area (Å²) in [6.07, 6.45) is 2.00. The molecule has 0 aliphatic carbocycles. The lowest BCUT2D eigenvalue weighted by molar-refractivity contribution is 0.505. The van der Waals surface area contributed by atoms with Crippen molar-refractivity contribution in [1.82, 2.24) is 0 Å². The van der Waals surface area contributed by atoms with E-state index in [-0.39, 0.29) is 16.5 Å². The van der Waals surface area contributed by atoms with E-state index in [4.69, 9.17) is 0 Å². The fourth-order valence-electron chi connectivity index (χ4n) is 3.21. The van der Waals surface area contributed by atoms with Crippen LogP contribution in [0, 0.1) is 17.5 Å². The van der Waals surface area contributed by atoms with E-state index in [2.05, 4.69) is 0 Å². The van der Waals surface area contributed by atoms with Gasteiger partial charge in [-0.15, -0.1) is 0 Å². The highest BCUT2D eigenvalue weighted by atomic mass is 19.2. The van der Waals surface area contributed by atoms with Crippen molar-refractivity contribution in [3.63, 3.8) is 0 Å². The predicted molar refractivity (Wildman–Crippen MR) is 103 cm³/mol. The third-order valence-corrected chi connectivity index (χ3v) is 4.76. The Morgan fingerprint density at radius 2 is 1.46 bits per heavy atom. The molecule has 0 unspecified atom stereocenters. The largest absolute Gasteiger partial charge is 0.206 e. The Kier molecular flexibility index (Phi) is 5.82. The molecular formula is C23H19F5. The lowest BCUT2D eigenvalue weighted by Crippen LogP contribution is -1.99. The second-order valence-corrected chi connectivity index (χ2v) is 6.62. The summed E-state index contributed by atoms with van der Waals surface area (Å²) in [5.74, 6) is -6.86.